The maximum Gasteiger partial charge on any atom is 0.310 e. The Hall–Kier alpha value is -4.69. The third-order valence-electron chi connectivity index (χ3n) is 8.94. The molecule has 1 saturated carbocycles. The second kappa shape index (κ2) is 28.7. The minimum atomic E-state index is -3.65. The lowest BCUT2D eigenvalue weighted by atomic mass is 9.81. The van der Waals surface area contributed by atoms with Crippen LogP contribution in [0.15, 0.2) is 35.2 Å². The van der Waals surface area contributed by atoms with Gasteiger partial charge >= 0.3 is 35.8 Å². The molecule has 1 fully saturated rings. The average Bonchev–Trinajstić information content (AvgIpc) is 3.90. The molecule has 0 amide bonds. The monoisotopic (exact) mass is 836 g/mol. The van der Waals surface area contributed by atoms with Gasteiger partial charge in [-0.2, -0.15) is 0 Å². The Morgan fingerprint density at radius 1 is 0.776 bits per heavy atom. The Bertz CT molecular complexity index is 1610. The van der Waals surface area contributed by atoms with E-state index in [0.717, 1.165) is 0 Å². The summed E-state index contributed by atoms with van der Waals surface area (Å²) in [6.45, 7) is 1.24. The van der Waals surface area contributed by atoms with Gasteiger partial charge in [0.05, 0.1) is 36.0 Å². The number of carbonyl (C=O) groups is 7. The first-order valence-corrected chi connectivity index (χ1v) is 20.4. The predicted molar refractivity (Wildman–Crippen MR) is 212 cm³/mol. The van der Waals surface area contributed by atoms with Crippen molar-refractivity contribution >= 4 is 66.9 Å². The number of carboxylic acid groups (broad SMARTS) is 3. The standard InChI is InChI=1S/C37H52O16S.C2H2.B2.H2/c1-25(38)23-37(24-30(37)36(46)47)53-35(45)22-28(13-10-11-17-32(41)42)52-34(44)21-27(12-6-3-4-9-16-31(39)40)51-33(43)20-26(50-2)18-19-54(48,49)29-14-7-5-8-15-29;2*1-2;/h5,7-8,14-15,26-28,30H,3-4,6,9-13,16-24H2,1-2H3,(H,39,40)(H,41,42)(H,46,47);1-2H;;1H/i;;;1+1D. The van der Waals surface area contributed by atoms with Gasteiger partial charge in [-0.25, -0.2) is 8.42 Å². The summed E-state index contributed by atoms with van der Waals surface area (Å²) in [6.07, 6.45) is 6.05. The van der Waals surface area contributed by atoms with Crippen molar-refractivity contribution in [1.29, 1.82) is 0 Å². The molecule has 0 bridgehead atoms. The van der Waals surface area contributed by atoms with Gasteiger partial charge < -0.3 is 34.3 Å². The summed E-state index contributed by atoms with van der Waals surface area (Å²) in [6, 6.07) is 7.81. The molecule has 0 aliphatic heterocycles. The number of Topliss-reactive ketones (excluding diaryl/α,β-unsaturated/α-hetero) is 1. The van der Waals surface area contributed by atoms with E-state index in [2.05, 4.69) is 28.3 Å². The fraction of sp³-hybridized carbons (Fsp3) is 0.615. The normalized spacial score (nSPS) is 17.1. The third kappa shape index (κ3) is 22.3. The van der Waals surface area contributed by atoms with E-state index in [4.69, 9.17) is 32.1 Å². The number of methoxy groups -OCH3 is 1. The van der Waals surface area contributed by atoms with E-state index >= 15 is 0 Å². The fourth-order valence-corrected chi connectivity index (χ4v) is 7.43. The van der Waals surface area contributed by atoms with E-state index in [0.29, 0.717) is 25.7 Å². The van der Waals surface area contributed by atoms with Crippen LogP contribution in [-0.2, 0) is 62.3 Å². The first-order valence-electron chi connectivity index (χ1n) is 19.7. The Labute approximate surface area is 345 Å². The molecular formula is C39H56B2O16S. The van der Waals surface area contributed by atoms with Gasteiger partial charge in [0, 0.05) is 51.2 Å². The molecule has 0 heterocycles. The number of rotatable bonds is 29. The number of hydrogen-bond acceptors (Lipinski definition) is 13. The van der Waals surface area contributed by atoms with Crippen molar-refractivity contribution in [2.45, 2.75) is 138 Å². The molecule has 1 aromatic carbocycles. The number of ketones is 1. The van der Waals surface area contributed by atoms with Crippen LogP contribution in [-0.4, -0.2) is 118 Å². The van der Waals surface area contributed by atoms with Gasteiger partial charge in [0.2, 0.25) is 0 Å². The van der Waals surface area contributed by atoms with Gasteiger partial charge in [0.15, 0.2) is 9.84 Å². The number of carbonyl (C=O) groups excluding carboxylic acids is 4. The summed E-state index contributed by atoms with van der Waals surface area (Å²) in [5.74, 6) is -7.43. The van der Waals surface area contributed by atoms with Crippen molar-refractivity contribution in [2.75, 3.05) is 12.9 Å². The number of benzene rings is 1. The van der Waals surface area contributed by atoms with Crippen molar-refractivity contribution in [2.24, 2.45) is 5.92 Å². The molecule has 3 N–H and O–H groups in total. The number of terminal acetylenes is 1. The van der Waals surface area contributed by atoms with E-state index in [1.165, 1.54) is 26.2 Å². The van der Waals surface area contributed by atoms with E-state index in [9.17, 15) is 47.1 Å². The topological polar surface area (TPSA) is 251 Å². The van der Waals surface area contributed by atoms with E-state index < -0.39 is 88.3 Å². The zero-order chi connectivity index (χ0) is 46.3. The molecule has 1 aliphatic rings. The highest BCUT2D eigenvalue weighted by molar-refractivity contribution is 7.91. The molecule has 320 valence electrons. The lowest BCUT2D eigenvalue weighted by molar-refractivity contribution is -0.164. The molecular weight excluding hydrogens is 778 g/mol. The van der Waals surface area contributed by atoms with Gasteiger partial charge in [-0.05, 0) is 64.0 Å². The summed E-state index contributed by atoms with van der Waals surface area (Å²) in [7, 11) is 5.68. The number of carboxylic acids is 3. The zero-order valence-electron chi connectivity index (χ0n) is 35.1. The van der Waals surface area contributed by atoms with Gasteiger partial charge in [-0.3, -0.25) is 33.6 Å². The predicted octanol–water partition coefficient (Wildman–Crippen LogP) is 4.03. The summed E-state index contributed by atoms with van der Waals surface area (Å²) >= 11 is 0. The van der Waals surface area contributed by atoms with Gasteiger partial charge in [0.1, 0.15) is 29.5 Å². The van der Waals surface area contributed by atoms with Crippen LogP contribution >= 0.6 is 0 Å². The van der Waals surface area contributed by atoms with E-state index in [1.807, 2.05) is 0 Å². The maximum absolute atomic E-state index is 13.2. The lowest BCUT2D eigenvalue weighted by Crippen LogP contribution is -2.31. The first kappa shape index (κ1) is 51.3. The number of ether oxygens (including phenoxy) is 4. The highest BCUT2D eigenvalue weighted by atomic mass is 32.2. The second-order valence-corrected chi connectivity index (χ2v) is 15.7. The molecule has 4 radical (unpaired) electrons. The van der Waals surface area contributed by atoms with E-state index in [1.54, 1.807) is 18.2 Å². The van der Waals surface area contributed by atoms with Crippen molar-refractivity contribution < 1.29 is 79.2 Å². The van der Waals surface area contributed by atoms with Gasteiger partial charge in [-0.15, -0.1) is 12.8 Å². The Morgan fingerprint density at radius 3 is 1.71 bits per heavy atom. The lowest BCUT2D eigenvalue weighted by Gasteiger charge is -2.23. The molecule has 0 aromatic heterocycles. The molecule has 0 spiro atoms. The van der Waals surface area contributed by atoms with Crippen molar-refractivity contribution in [3.8, 4) is 12.8 Å². The van der Waals surface area contributed by atoms with E-state index in [-0.39, 0.29) is 80.6 Å². The number of aliphatic carboxylic acids is 3. The summed E-state index contributed by atoms with van der Waals surface area (Å²) in [4.78, 5) is 84.6. The Kier molecular flexibility index (Phi) is 25.4. The first-order chi connectivity index (χ1) is 28.5. The zero-order valence-corrected chi connectivity index (χ0v) is 33.9. The minimum Gasteiger partial charge on any atom is -0.481 e. The fourth-order valence-electron chi connectivity index (χ4n) is 6.05. The summed E-state index contributed by atoms with van der Waals surface area (Å²) in [5, 5.41) is 27.3. The maximum atomic E-state index is 13.2. The smallest absolute Gasteiger partial charge is 0.310 e. The van der Waals surface area contributed by atoms with Crippen LogP contribution in [0.25, 0.3) is 0 Å². The molecule has 1 aromatic rings. The van der Waals surface area contributed by atoms with Crippen molar-refractivity contribution in [3.63, 3.8) is 0 Å². The van der Waals surface area contributed by atoms with Crippen molar-refractivity contribution in [1.82, 2.24) is 0 Å². The number of esters is 3. The molecule has 58 heavy (non-hydrogen) atoms. The number of unbranched alkanes of at least 4 members (excludes halogenated alkanes) is 4. The summed E-state index contributed by atoms with van der Waals surface area (Å²) in [5.41, 5.74) is -1.50. The molecule has 19 heteroatoms. The average molecular weight is 837 g/mol. The molecule has 16 nitrogen and oxygen atoms in total. The van der Waals surface area contributed by atoms with Crippen LogP contribution in [0.1, 0.15) is 113 Å². The SMILES string of the molecule is C#C.COC(CCS(=O)(=O)c1ccccc1)CC(=O)OC(CCCCCCC(=O)O)CC(=O)OC(CCCCC(=O)O)CC(=O)OC1(CC(C)=O)CC1C(=O)O.[2H][2H].[B][B]. The third-order valence-corrected chi connectivity index (χ3v) is 10.7. The van der Waals surface area contributed by atoms with Crippen LogP contribution in [0.3, 0.4) is 0 Å². The van der Waals surface area contributed by atoms with Crippen LogP contribution in [0, 0.1) is 18.8 Å². The van der Waals surface area contributed by atoms with Gasteiger partial charge in [0.25, 0.3) is 0 Å². The van der Waals surface area contributed by atoms with Crippen LogP contribution in [0.2, 0.25) is 0 Å². The van der Waals surface area contributed by atoms with Gasteiger partial charge in [-0.1, -0.05) is 31.0 Å². The quantitative estimate of drug-likeness (QED) is 0.0339. The molecule has 2 rings (SSSR count). The Balaban J connectivity index is 0. The van der Waals surface area contributed by atoms with Crippen molar-refractivity contribution in [3.05, 3.63) is 30.3 Å². The van der Waals surface area contributed by atoms with Crippen LogP contribution in [0.5, 0.6) is 0 Å². The minimum absolute atomic E-state index is 0.00768. The highest BCUT2D eigenvalue weighted by Crippen LogP contribution is 2.50. The largest absolute Gasteiger partial charge is 0.481 e. The summed E-state index contributed by atoms with van der Waals surface area (Å²) < 4.78 is 57.5. The molecule has 5 atom stereocenters. The second-order valence-electron chi connectivity index (χ2n) is 13.6. The number of hydrogen-bond donors (Lipinski definition) is 3. The number of sulfone groups is 1. The highest BCUT2D eigenvalue weighted by Gasteiger charge is 2.62. The molecule has 5 unspecified atom stereocenters. The van der Waals surface area contributed by atoms with Crippen LogP contribution in [0.4, 0.5) is 0 Å². The molecule has 0 saturated heterocycles. The van der Waals surface area contributed by atoms with Crippen LogP contribution < -0.4 is 0 Å². The Morgan fingerprint density at radius 2 is 1.24 bits per heavy atom. The molecule has 1 aliphatic carbocycles.